The lowest BCUT2D eigenvalue weighted by Crippen LogP contribution is -2.41. The number of aromatic amines is 1. The Bertz CT molecular complexity index is 847. The van der Waals surface area contributed by atoms with Crippen molar-refractivity contribution in [1.82, 2.24) is 20.2 Å². The Morgan fingerprint density at radius 1 is 1.35 bits per heavy atom. The predicted octanol–water partition coefficient (Wildman–Crippen LogP) is 0.946. The van der Waals surface area contributed by atoms with E-state index >= 15 is 0 Å². The van der Waals surface area contributed by atoms with Crippen LogP contribution < -0.4 is 11.0 Å². The molecule has 1 aromatic heterocycles. The Morgan fingerprint density at radius 3 is 2.88 bits per heavy atom. The number of carbonyl (C=O) groups excluding carboxylic acids is 1. The molecule has 1 amide bonds. The molecule has 1 aromatic carbocycles. The highest BCUT2D eigenvalue weighted by molar-refractivity contribution is 5.93. The van der Waals surface area contributed by atoms with E-state index in [1.807, 2.05) is 6.92 Å². The SMILES string of the molecule is Cc1ccc(F)c(-c2cc(C(=O)NCCN3CCOCC3)[nH]c(=O)n2)c1. The number of hydrogen-bond donors (Lipinski definition) is 2. The molecule has 0 saturated carbocycles. The van der Waals surface area contributed by atoms with Gasteiger partial charge in [0.25, 0.3) is 5.91 Å². The largest absolute Gasteiger partial charge is 0.379 e. The molecular formula is C18H21FN4O3. The van der Waals surface area contributed by atoms with E-state index in [-0.39, 0.29) is 17.0 Å². The van der Waals surface area contributed by atoms with Gasteiger partial charge in [-0.3, -0.25) is 9.69 Å². The second kappa shape index (κ2) is 8.20. The molecule has 1 aliphatic rings. The molecule has 1 aliphatic heterocycles. The van der Waals surface area contributed by atoms with E-state index in [1.165, 1.54) is 12.1 Å². The molecule has 0 bridgehead atoms. The van der Waals surface area contributed by atoms with Crippen molar-refractivity contribution in [3.8, 4) is 11.3 Å². The van der Waals surface area contributed by atoms with Crippen LogP contribution >= 0.6 is 0 Å². The Labute approximate surface area is 150 Å². The van der Waals surface area contributed by atoms with Crippen LogP contribution in [0.4, 0.5) is 4.39 Å². The fourth-order valence-corrected chi connectivity index (χ4v) is 2.80. The minimum atomic E-state index is -0.693. The van der Waals surface area contributed by atoms with Gasteiger partial charge >= 0.3 is 5.69 Å². The van der Waals surface area contributed by atoms with Crippen molar-refractivity contribution in [3.05, 3.63) is 51.8 Å². The lowest BCUT2D eigenvalue weighted by atomic mass is 10.1. The standard InChI is InChI=1S/C18H21FN4O3/c1-12-2-3-14(19)13(10-12)15-11-16(22-18(25)21-15)17(24)20-4-5-23-6-8-26-9-7-23/h2-3,10-11H,4-9H2,1H3,(H,20,24)(H,21,22,25). The number of amides is 1. The Hall–Kier alpha value is -2.58. The zero-order valence-electron chi connectivity index (χ0n) is 14.5. The highest BCUT2D eigenvalue weighted by atomic mass is 19.1. The number of morpholine rings is 1. The molecule has 0 unspecified atom stereocenters. The summed E-state index contributed by atoms with van der Waals surface area (Å²) >= 11 is 0. The number of halogens is 1. The molecular weight excluding hydrogens is 339 g/mol. The highest BCUT2D eigenvalue weighted by Gasteiger charge is 2.14. The number of ether oxygens (including phenoxy) is 1. The lowest BCUT2D eigenvalue weighted by Gasteiger charge is -2.26. The minimum absolute atomic E-state index is 0.0582. The van der Waals surface area contributed by atoms with Crippen molar-refractivity contribution < 1.29 is 13.9 Å². The van der Waals surface area contributed by atoms with Gasteiger partial charge in [-0.15, -0.1) is 0 Å². The first-order valence-electron chi connectivity index (χ1n) is 8.49. The number of nitrogens with one attached hydrogen (secondary N) is 2. The quantitative estimate of drug-likeness (QED) is 0.829. The second-order valence-corrected chi connectivity index (χ2v) is 6.18. The van der Waals surface area contributed by atoms with E-state index < -0.39 is 17.4 Å². The second-order valence-electron chi connectivity index (χ2n) is 6.18. The summed E-state index contributed by atoms with van der Waals surface area (Å²) in [6, 6.07) is 5.93. The number of benzene rings is 1. The van der Waals surface area contributed by atoms with E-state index in [4.69, 9.17) is 4.74 Å². The van der Waals surface area contributed by atoms with Gasteiger partial charge in [0.2, 0.25) is 0 Å². The van der Waals surface area contributed by atoms with Gasteiger partial charge in [0, 0.05) is 31.7 Å². The number of aryl methyl sites for hydroxylation is 1. The Kier molecular flexibility index (Phi) is 5.75. The summed E-state index contributed by atoms with van der Waals surface area (Å²) in [4.78, 5) is 32.5. The third-order valence-corrected chi connectivity index (χ3v) is 4.20. The van der Waals surface area contributed by atoms with Crippen molar-refractivity contribution in [2.24, 2.45) is 0 Å². The summed E-state index contributed by atoms with van der Waals surface area (Å²) in [6.45, 7) is 6.00. The van der Waals surface area contributed by atoms with Crippen LogP contribution in [0.15, 0.2) is 29.1 Å². The number of aromatic nitrogens is 2. The first-order chi connectivity index (χ1) is 12.5. The molecule has 7 nitrogen and oxygen atoms in total. The van der Waals surface area contributed by atoms with Crippen molar-refractivity contribution >= 4 is 5.91 Å². The van der Waals surface area contributed by atoms with E-state index in [2.05, 4.69) is 20.2 Å². The number of carbonyl (C=O) groups is 1. The van der Waals surface area contributed by atoms with Crippen molar-refractivity contribution in [2.75, 3.05) is 39.4 Å². The van der Waals surface area contributed by atoms with Gasteiger partial charge in [-0.25, -0.2) is 9.18 Å². The van der Waals surface area contributed by atoms with Crippen LogP contribution in [0, 0.1) is 12.7 Å². The average Bonchev–Trinajstić information content (AvgIpc) is 2.64. The van der Waals surface area contributed by atoms with Crippen LogP contribution in [0.25, 0.3) is 11.3 Å². The third kappa shape index (κ3) is 4.53. The van der Waals surface area contributed by atoms with Crippen LogP contribution in [-0.2, 0) is 4.74 Å². The van der Waals surface area contributed by atoms with Gasteiger partial charge in [-0.2, -0.15) is 4.98 Å². The van der Waals surface area contributed by atoms with Gasteiger partial charge in [0.05, 0.1) is 18.9 Å². The van der Waals surface area contributed by atoms with Gasteiger partial charge in [-0.05, 0) is 25.1 Å². The van der Waals surface area contributed by atoms with Crippen LogP contribution in [0.5, 0.6) is 0 Å². The van der Waals surface area contributed by atoms with Crippen LogP contribution in [0.3, 0.4) is 0 Å². The van der Waals surface area contributed by atoms with Crippen LogP contribution in [-0.4, -0.2) is 60.2 Å². The molecule has 26 heavy (non-hydrogen) atoms. The molecule has 1 saturated heterocycles. The molecule has 8 heteroatoms. The molecule has 2 aromatic rings. The van der Waals surface area contributed by atoms with Gasteiger partial charge in [0.15, 0.2) is 0 Å². The zero-order chi connectivity index (χ0) is 18.5. The fraction of sp³-hybridized carbons (Fsp3) is 0.389. The van der Waals surface area contributed by atoms with Crippen LogP contribution in [0.2, 0.25) is 0 Å². The zero-order valence-corrected chi connectivity index (χ0v) is 14.5. The van der Waals surface area contributed by atoms with Gasteiger partial charge in [0.1, 0.15) is 11.5 Å². The molecule has 2 N–H and O–H groups in total. The van der Waals surface area contributed by atoms with Crippen LogP contribution in [0.1, 0.15) is 16.1 Å². The topological polar surface area (TPSA) is 87.3 Å². The molecule has 0 spiro atoms. The summed E-state index contributed by atoms with van der Waals surface area (Å²) in [5.74, 6) is -0.917. The fourth-order valence-electron chi connectivity index (χ4n) is 2.80. The first-order valence-corrected chi connectivity index (χ1v) is 8.49. The van der Waals surface area contributed by atoms with E-state index in [0.717, 1.165) is 18.7 Å². The smallest absolute Gasteiger partial charge is 0.346 e. The van der Waals surface area contributed by atoms with E-state index in [1.54, 1.807) is 12.1 Å². The average molecular weight is 360 g/mol. The molecule has 1 fully saturated rings. The van der Waals surface area contributed by atoms with E-state index in [0.29, 0.717) is 26.3 Å². The lowest BCUT2D eigenvalue weighted by molar-refractivity contribution is 0.0383. The molecule has 3 rings (SSSR count). The maximum Gasteiger partial charge on any atom is 0.346 e. The summed E-state index contributed by atoms with van der Waals surface area (Å²) in [6.07, 6.45) is 0. The molecule has 0 aliphatic carbocycles. The summed E-state index contributed by atoms with van der Waals surface area (Å²) < 4.78 is 19.3. The molecule has 2 heterocycles. The Balaban J connectivity index is 1.71. The number of H-pyrrole nitrogens is 1. The summed E-state index contributed by atoms with van der Waals surface area (Å²) in [5.41, 5.74) is 0.524. The Morgan fingerprint density at radius 2 is 2.12 bits per heavy atom. The predicted molar refractivity (Wildman–Crippen MR) is 94.6 cm³/mol. The number of nitrogens with zero attached hydrogens (tertiary/aromatic N) is 2. The maximum absolute atomic E-state index is 14.1. The highest BCUT2D eigenvalue weighted by Crippen LogP contribution is 2.21. The summed E-state index contributed by atoms with van der Waals surface area (Å²) in [7, 11) is 0. The normalized spacial score (nSPS) is 15.0. The molecule has 0 radical (unpaired) electrons. The van der Waals surface area contributed by atoms with Crippen molar-refractivity contribution in [1.29, 1.82) is 0 Å². The van der Waals surface area contributed by atoms with Crippen molar-refractivity contribution in [2.45, 2.75) is 6.92 Å². The van der Waals surface area contributed by atoms with Crippen molar-refractivity contribution in [3.63, 3.8) is 0 Å². The minimum Gasteiger partial charge on any atom is -0.379 e. The molecule has 138 valence electrons. The van der Waals surface area contributed by atoms with Gasteiger partial charge in [-0.1, -0.05) is 11.6 Å². The maximum atomic E-state index is 14.1. The first kappa shape index (κ1) is 18.2. The number of rotatable bonds is 5. The molecule has 0 atom stereocenters. The monoisotopic (exact) mass is 360 g/mol. The third-order valence-electron chi connectivity index (χ3n) is 4.20. The van der Waals surface area contributed by atoms with Gasteiger partial charge < -0.3 is 15.0 Å². The summed E-state index contributed by atoms with van der Waals surface area (Å²) in [5, 5.41) is 2.77. The van der Waals surface area contributed by atoms with E-state index in [9.17, 15) is 14.0 Å². The number of hydrogen-bond acceptors (Lipinski definition) is 5.